The third-order valence-corrected chi connectivity index (χ3v) is 4.97. The molecule has 0 atom stereocenters. The number of nitrogens with one attached hydrogen (secondary N) is 2. The molecule has 0 radical (unpaired) electrons. The van der Waals surface area contributed by atoms with Gasteiger partial charge in [0.2, 0.25) is 5.91 Å². The second kappa shape index (κ2) is 7.27. The normalized spacial score (nSPS) is 12.8. The van der Waals surface area contributed by atoms with Crippen molar-refractivity contribution in [3.05, 3.63) is 64.9 Å². The minimum atomic E-state index is -0.150. The number of furan rings is 1. The Morgan fingerprint density at radius 2 is 1.93 bits per heavy atom. The van der Waals surface area contributed by atoms with Crippen LogP contribution < -0.4 is 10.6 Å². The summed E-state index contributed by atoms with van der Waals surface area (Å²) in [6, 6.07) is 11.2. The fourth-order valence-electron chi connectivity index (χ4n) is 3.66. The number of benzene rings is 2. The molecule has 0 fully saturated rings. The van der Waals surface area contributed by atoms with Gasteiger partial charge < -0.3 is 15.1 Å². The van der Waals surface area contributed by atoms with Gasteiger partial charge in [-0.2, -0.15) is 0 Å². The van der Waals surface area contributed by atoms with E-state index in [2.05, 4.69) is 22.8 Å². The van der Waals surface area contributed by atoms with Crippen LogP contribution in [0.1, 0.15) is 40.4 Å². The van der Waals surface area contributed by atoms with Crippen LogP contribution in [0.5, 0.6) is 0 Å². The van der Waals surface area contributed by atoms with Gasteiger partial charge in [-0.3, -0.25) is 9.59 Å². The first-order valence-electron chi connectivity index (χ1n) is 9.34. The lowest BCUT2D eigenvalue weighted by Gasteiger charge is -2.07. The van der Waals surface area contributed by atoms with Crippen LogP contribution in [0.4, 0.5) is 5.69 Å². The zero-order valence-corrected chi connectivity index (χ0v) is 15.3. The Morgan fingerprint density at radius 1 is 1.11 bits per heavy atom. The van der Waals surface area contributed by atoms with E-state index in [0.717, 1.165) is 29.4 Å². The van der Waals surface area contributed by atoms with Crippen molar-refractivity contribution in [2.45, 2.75) is 32.6 Å². The summed E-state index contributed by atoms with van der Waals surface area (Å²) in [6.45, 7) is 2.43. The number of amides is 2. The Morgan fingerprint density at radius 3 is 2.74 bits per heavy atom. The highest BCUT2D eigenvalue weighted by molar-refractivity contribution is 5.98. The van der Waals surface area contributed by atoms with Crippen LogP contribution >= 0.6 is 0 Å². The summed E-state index contributed by atoms with van der Waals surface area (Å²) in [5.74, 6) is -0.283. The standard InChI is InChI=1S/C22H22N2O3/c1-2-23-22(26)16-7-4-8-18(9-16)24-21(25)12-17-13-27-20-11-15-6-3-5-14(15)10-19(17)20/h4,7-11,13H,2-3,5-6,12H2,1H3,(H,23,26)(H,24,25). The fourth-order valence-corrected chi connectivity index (χ4v) is 3.66. The molecule has 0 saturated heterocycles. The molecule has 0 spiro atoms. The van der Waals surface area contributed by atoms with Crippen LogP contribution in [0, 0.1) is 0 Å². The minimum absolute atomic E-state index is 0.133. The van der Waals surface area contributed by atoms with Crippen molar-refractivity contribution in [1.82, 2.24) is 5.32 Å². The molecule has 0 aliphatic heterocycles. The lowest BCUT2D eigenvalue weighted by Crippen LogP contribution is -2.23. The predicted molar refractivity (Wildman–Crippen MR) is 105 cm³/mol. The van der Waals surface area contributed by atoms with Gasteiger partial charge in [-0.05, 0) is 67.6 Å². The maximum Gasteiger partial charge on any atom is 0.251 e. The van der Waals surface area contributed by atoms with Crippen molar-refractivity contribution in [3.8, 4) is 0 Å². The molecule has 4 rings (SSSR count). The summed E-state index contributed by atoms with van der Waals surface area (Å²) in [4.78, 5) is 24.5. The lowest BCUT2D eigenvalue weighted by molar-refractivity contribution is -0.115. The van der Waals surface area contributed by atoms with Gasteiger partial charge in [0.25, 0.3) is 5.91 Å². The molecule has 5 nitrogen and oxygen atoms in total. The maximum absolute atomic E-state index is 12.5. The van der Waals surface area contributed by atoms with E-state index in [4.69, 9.17) is 4.42 Å². The smallest absolute Gasteiger partial charge is 0.251 e. The van der Waals surface area contributed by atoms with Crippen LogP contribution in [0.25, 0.3) is 11.0 Å². The van der Waals surface area contributed by atoms with E-state index in [1.807, 2.05) is 6.92 Å². The molecule has 2 amide bonds. The van der Waals surface area contributed by atoms with Crippen LogP contribution in [0.2, 0.25) is 0 Å². The lowest BCUT2D eigenvalue weighted by atomic mass is 10.0. The zero-order valence-electron chi connectivity index (χ0n) is 15.3. The van der Waals surface area contributed by atoms with Gasteiger partial charge in [-0.25, -0.2) is 0 Å². The van der Waals surface area contributed by atoms with E-state index in [1.165, 1.54) is 17.5 Å². The number of aryl methyl sites for hydroxylation is 2. The molecule has 0 bridgehead atoms. The molecule has 0 unspecified atom stereocenters. The van der Waals surface area contributed by atoms with Gasteiger partial charge in [0, 0.05) is 28.7 Å². The van der Waals surface area contributed by atoms with Crippen molar-refractivity contribution < 1.29 is 14.0 Å². The molecule has 2 aromatic carbocycles. The SMILES string of the molecule is CCNC(=O)c1cccc(NC(=O)Cc2coc3cc4c(cc23)CCC4)c1. The average Bonchev–Trinajstić information content (AvgIpc) is 3.27. The van der Waals surface area contributed by atoms with E-state index in [9.17, 15) is 9.59 Å². The number of hydrogen-bond acceptors (Lipinski definition) is 3. The summed E-state index contributed by atoms with van der Waals surface area (Å²) in [5, 5.41) is 6.64. The Labute approximate surface area is 157 Å². The molecule has 1 heterocycles. The minimum Gasteiger partial charge on any atom is -0.464 e. The molecule has 1 aliphatic carbocycles. The van der Waals surface area contributed by atoms with E-state index < -0.39 is 0 Å². The number of rotatable bonds is 5. The zero-order chi connectivity index (χ0) is 18.8. The van der Waals surface area contributed by atoms with Gasteiger partial charge in [0.05, 0.1) is 12.7 Å². The Hall–Kier alpha value is -3.08. The Kier molecular flexibility index (Phi) is 4.67. The highest BCUT2D eigenvalue weighted by Gasteiger charge is 2.17. The van der Waals surface area contributed by atoms with Crippen molar-refractivity contribution in [3.63, 3.8) is 0 Å². The topological polar surface area (TPSA) is 71.3 Å². The molecular formula is C22H22N2O3. The van der Waals surface area contributed by atoms with Crippen LogP contribution in [0.15, 0.2) is 47.1 Å². The highest BCUT2D eigenvalue weighted by atomic mass is 16.3. The van der Waals surface area contributed by atoms with Crippen LogP contribution in [0.3, 0.4) is 0 Å². The van der Waals surface area contributed by atoms with Gasteiger partial charge in [0.1, 0.15) is 5.58 Å². The van der Waals surface area contributed by atoms with Crippen LogP contribution in [-0.4, -0.2) is 18.4 Å². The molecule has 138 valence electrons. The van der Waals surface area contributed by atoms with Gasteiger partial charge >= 0.3 is 0 Å². The first-order chi connectivity index (χ1) is 13.1. The van der Waals surface area contributed by atoms with Crippen molar-refractivity contribution >= 4 is 28.5 Å². The van der Waals surface area contributed by atoms with Crippen molar-refractivity contribution in [1.29, 1.82) is 0 Å². The highest BCUT2D eigenvalue weighted by Crippen LogP contribution is 2.30. The average molecular weight is 362 g/mol. The molecule has 1 aliphatic rings. The number of carbonyl (C=O) groups excluding carboxylic acids is 2. The number of hydrogen-bond donors (Lipinski definition) is 2. The number of fused-ring (bicyclic) bond motifs is 2. The van der Waals surface area contributed by atoms with E-state index in [-0.39, 0.29) is 18.2 Å². The third-order valence-electron chi connectivity index (χ3n) is 4.97. The molecule has 5 heteroatoms. The molecule has 0 saturated carbocycles. The number of carbonyl (C=O) groups is 2. The van der Waals surface area contributed by atoms with E-state index >= 15 is 0 Å². The molecule has 3 aromatic rings. The quantitative estimate of drug-likeness (QED) is 0.724. The Bertz CT molecular complexity index is 1020. The predicted octanol–water partition coefficient (Wildman–Crippen LogP) is 3.85. The third kappa shape index (κ3) is 3.58. The summed E-state index contributed by atoms with van der Waals surface area (Å²) < 4.78 is 5.67. The van der Waals surface area contributed by atoms with Gasteiger partial charge in [-0.15, -0.1) is 0 Å². The summed E-state index contributed by atoms with van der Waals surface area (Å²) in [7, 11) is 0. The summed E-state index contributed by atoms with van der Waals surface area (Å²) in [5.41, 5.74) is 5.58. The first-order valence-corrected chi connectivity index (χ1v) is 9.34. The molecule has 1 aromatic heterocycles. The van der Waals surface area contributed by atoms with Gasteiger partial charge in [0.15, 0.2) is 0 Å². The van der Waals surface area contributed by atoms with Crippen molar-refractivity contribution in [2.75, 3.05) is 11.9 Å². The fraction of sp³-hybridized carbons (Fsp3) is 0.273. The van der Waals surface area contributed by atoms with E-state index in [0.29, 0.717) is 17.8 Å². The maximum atomic E-state index is 12.5. The largest absolute Gasteiger partial charge is 0.464 e. The molecular weight excluding hydrogens is 340 g/mol. The Balaban J connectivity index is 1.49. The first kappa shape index (κ1) is 17.3. The number of anilines is 1. The monoisotopic (exact) mass is 362 g/mol. The van der Waals surface area contributed by atoms with Gasteiger partial charge in [-0.1, -0.05) is 6.07 Å². The second-order valence-corrected chi connectivity index (χ2v) is 6.90. The van der Waals surface area contributed by atoms with E-state index in [1.54, 1.807) is 30.5 Å². The summed E-state index contributed by atoms with van der Waals surface area (Å²) in [6.07, 6.45) is 5.28. The second-order valence-electron chi connectivity index (χ2n) is 6.90. The molecule has 2 N–H and O–H groups in total. The molecule has 27 heavy (non-hydrogen) atoms. The van der Waals surface area contributed by atoms with Crippen LogP contribution in [-0.2, 0) is 24.1 Å². The van der Waals surface area contributed by atoms with Crippen molar-refractivity contribution in [2.24, 2.45) is 0 Å². The summed E-state index contributed by atoms with van der Waals surface area (Å²) >= 11 is 0.